The molecule has 0 aliphatic carbocycles. The predicted octanol–water partition coefficient (Wildman–Crippen LogP) is 26.1. The van der Waals surface area contributed by atoms with Gasteiger partial charge in [-0.05, 0) is 182 Å². The SMILES string of the molecule is c1ccc(-c2nc(-c3ccc(-n4c5ccccc5c5c6c(ccc54)ccn6-c4ccccc4)cc3)nc3ccccc23)cc1.c1ccc(-n2ccc3ccc4c(c5ccccc5n4-c4ccc(-c5ncc6ccccc6n5)cc4)c32)cc1.c1ccc(-n2ccc3ccc4c(c5ccccc5n4-c4ccc(-c5ncc6cnccc6n5)cc4)c32)cc1. The highest BCUT2D eigenvalue weighted by molar-refractivity contribution is 6.23. The van der Waals surface area contributed by atoms with Gasteiger partial charge in [0, 0.05) is 164 Å². The van der Waals surface area contributed by atoms with Crippen LogP contribution in [-0.2, 0) is 0 Å². The number of benzene rings is 15. The molecular formula is C107H69N13. The van der Waals surface area contributed by atoms with Crippen molar-refractivity contribution >= 4 is 131 Å². The van der Waals surface area contributed by atoms with E-state index in [4.69, 9.17) is 19.9 Å². The second kappa shape index (κ2) is 28.8. The van der Waals surface area contributed by atoms with Gasteiger partial charge in [0.1, 0.15) is 0 Å². The van der Waals surface area contributed by atoms with Crippen LogP contribution in [0.3, 0.4) is 0 Å². The summed E-state index contributed by atoms with van der Waals surface area (Å²) in [5, 5.41) is 14.2. The average Bonchev–Trinajstić information content (AvgIpc) is 1.58. The standard InChI is InChI=1S/C40H26N4.C34H22N4.C33H21N5/c1-3-11-27(12-4-1)38-32-15-7-9-17-34(32)41-40(42-38)29-19-22-31(23-20-29)44-35-18-10-8-16-33(35)37-36(44)24-21-28-25-26-43(39(28)37)30-13-5-2-6-14-30;1-2-9-26(10-3-1)37-21-20-23-16-19-31-32(33(23)37)28-11-5-7-13-30(28)38(31)27-17-14-24(15-18-27)34-35-22-25-8-4-6-12-29(25)36-34;1-2-6-25(7-3-1)37-19-17-22-12-15-30-31(32(22)37)27-8-4-5-9-29(27)38(30)26-13-10-23(11-14-26)33-35-21-24-20-34-18-16-28(24)36-33/h1-26H;1-22H;1-21H. The molecular weight excluding hydrogens is 1470 g/mol. The highest BCUT2D eigenvalue weighted by Gasteiger charge is 2.23. The van der Waals surface area contributed by atoms with Crippen LogP contribution in [0.2, 0.25) is 0 Å². The van der Waals surface area contributed by atoms with Gasteiger partial charge in [0.2, 0.25) is 0 Å². The fourth-order valence-electron chi connectivity index (χ4n) is 17.7. The van der Waals surface area contributed by atoms with Crippen molar-refractivity contribution in [2.75, 3.05) is 0 Å². The summed E-state index contributed by atoms with van der Waals surface area (Å²) in [5.74, 6) is 2.17. The minimum Gasteiger partial charge on any atom is -0.316 e. The lowest BCUT2D eigenvalue weighted by Crippen LogP contribution is -1.97. The van der Waals surface area contributed by atoms with Crippen LogP contribution < -0.4 is 0 Å². The average molecular weight is 1540 g/mol. The molecule has 0 atom stereocenters. The molecule has 13 nitrogen and oxygen atoms in total. The molecule has 0 aliphatic heterocycles. The summed E-state index contributed by atoms with van der Waals surface area (Å²) in [6.07, 6.45) is 13.8. The fourth-order valence-corrected chi connectivity index (χ4v) is 17.7. The highest BCUT2D eigenvalue weighted by Crippen LogP contribution is 2.43. The molecule has 0 N–H and O–H groups in total. The van der Waals surface area contributed by atoms with Crippen LogP contribution in [-0.4, -0.2) is 62.3 Å². The third kappa shape index (κ3) is 11.7. The second-order valence-electron chi connectivity index (χ2n) is 30.1. The fraction of sp³-hybridized carbons (Fsp3) is 0. The summed E-state index contributed by atoms with van der Waals surface area (Å²) in [4.78, 5) is 32.9. The number of pyridine rings is 1. The Morgan fingerprint density at radius 2 is 0.550 bits per heavy atom. The molecule has 0 fully saturated rings. The molecule has 10 aromatic heterocycles. The van der Waals surface area contributed by atoms with E-state index in [1.165, 1.54) is 98.1 Å². The first kappa shape index (κ1) is 69.0. The first-order chi connectivity index (χ1) is 59.5. The van der Waals surface area contributed by atoms with E-state index in [2.05, 4.69) is 389 Å². The Labute approximate surface area is 687 Å². The number of hydrogen-bond acceptors (Lipinski definition) is 7. The van der Waals surface area contributed by atoms with Gasteiger partial charge in [-0.15, -0.1) is 0 Å². The maximum Gasteiger partial charge on any atom is 0.160 e. The quantitative estimate of drug-likeness (QED) is 0.134. The molecule has 10 heterocycles. The van der Waals surface area contributed by atoms with E-state index < -0.39 is 0 Å². The van der Waals surface area contributed by atoms with Crippen molar-refractivity contribution in [3.8, 4) is 79.5 Å². The Bertz CT molecular complexity index is 7940. The Kier molecular flexibility index (Phi) is 16.6. The Morgan fingerprint density at radius 3 is 0.992 bits per heavy atom. The molecule has 0 saturated heterocycles. The Balaban J connectivity index is 0.000000105. The van der Waals surface area contributed by atoms with Crippen LogP contribution >= 0.6 is 0 Å². The van der Waals surface area contributed by atoms with E-state index in [1.807, 2.05) is 60.9 Å². The smallest absolute Gasteiger partial charge is 0.160 e. The van der Waals surface area contributed by atoms with Crippen molar-refractivity contribution < 1.29 is 0 Å². The van der Waals surface area contributed by atoms with Crippen molar-refractivity contribution in [2.24, 2.45) is 0 Å². The minimum absolute atomic E-state index is 0.708. The summed E-state index contributed by atoms with van der Waals surface area (Å²) < 4.78 is 14.0. The number of para-hydroxylation sites is 8. The molecule has 0 radical (unpaired) electrons. The normalized spacial score (nSPS) is 11.7. The van der Waals surface area contributed by atoms with Crippen molar-refractivity contribution in [3.63, 3.8) is 0 Å². The van der Waals surface area contributed by atoms with Gasteiger partial charge in [0.15, 0.2) is 17.5 Å². The molecule has 120 heavy (non-hydrogen) atoms. The van der Waals surface area contributed by atoms with Crippen molar-refractivity contribution in [3.05, 3.63) is 419 Å². The molecule has 0 amide bonds. The van der Waals surface area contributed by atoms with Gasteiger partial charge in [-0.2, -0.15) is 0 Å². The first-order valence-electron chi connectivity index (χ1n) is 40.2. The summed E-state index contributed by atoms with van der Waals surface area (Å²) in [5.41, 5.74) is 25.3. The zero-order valence-corrected chi connectivity index (χ0v) is 64.7. The monoisotopic (exact) mass is 1540 g/mol. The van der Waals surface area contributed by atoms with Gasteiger partial charge in [-0.1, -0.05) is 194 Å². The lowest BCUT2D eigenvalue weighted by Gasteiger charge is -2.11. The van der Waals surface area contributed by atoms with Crippen molar-refractivity contribution in [1.82, 2.24) is 62.3 Å². The maximum absolute atomic E-state index is 5.08. The largest absolute Gasteiger partial charge is 0.316 e. The molecule has 562 valence electrons. The van der Waals surface area contributed by atoms with Gasteiger partial charge in [0.25, 0.3) is 0 Å². The number of nitrogens with zero attached hydrogens (tertiary/aromatic N) is 13. The minimum atomic E-state index is 0.708. The molecule has 0 spiro atoms. The number of hydrogen-bond donors (Lipinski definition) is 0. The van der Waals surface area contributed by atoms with Gasteiger partial charge in [-0.3, -0.25) is 4.98 Å². The van der Waals surface area contributed by atoms with E-state index in [-0.39, 0.29) is 0 Å². The number of rotatable bonds is 10. The maximum atomic E-state index is 5.08. The summed E-state index contributed by atoms with van der Waals surface area (Å²) >= 11 is 0. The topological polar surface area (TPSA) is 120 Å². The van der Waals surface area contributed by atoms with Crippen molar-refractivity contribution in [2.45, 2.75) is 0 Å². The molecule has 0 saturated carbocycles. The summed E-state index contributed by atoms with van der Waals surface area (Å²) in [7, 11) is 0. The zero-order valence-electron chi connectivity index (χ0n) is 64.7. The third-order valence-electron chi connectivity index (χ3n) is 23.2. The second-order valence-corrected chi connectivity index (χ2v) is 30.1. The third-order valence-corrected chi connectivity index (χ3v) is 23.2. The lowest BCUT2D eigenvalue weighted by molar-refractivity contribution is 1.13. The molecule has 15 aromatic carbocycles. The molecule has 0 aliphatic rings. The van der Waals surface area contributed by atoms with Gasteiger partial charge < -0.3 is 27.4 Å². The van der Waals surface area contributed by atoms with Gasteiger partial charge in [0.05, 0.1) is 71.9 Å². The van der Waals surface area contributed by atoms with Crippen LogP contribution in [0.25, 0.3) is 210 Å². The number of aromatic nitrogens is 13. The van der Waals surface area contributed by atoms with Crippen LogP contribution in [0.5, 0.6) is 0 Å². The molecule has 25 aromatic rings. The summed E-state index contributed by atoms with van der Waals surface area (Å²) in [6.45, 7) is 0. The van der Waals surface area contributed by atoms with Crippen LogP contribution in [0.15, 0.2) is 419 Å². The highest BCUT2D eigenvalue weighted by atomic mass is 15.0. The van der Waals surface area contributed by atoms with Crippen LogP contribution in [0.4, 0.5) is 0 Å². The van der Waals surface area contributed by atoms with Crippen LogP contribution in [0, 0.1) is 0 Å². The molecule has 0 unspecified atom stereocenters. The predicted molar refractivity (Wildman–Crippen MR) is 492 cm³/mol. The van der Waals surface area contributed by atoms with Crippen molar-refractivity contribution in [1.29, 1.82) is 0 Å². The van der Waals surface area contributed by atoms with E-state index >= 15 is 0 Å². The van der Waals surface area contributed by atoms with Gasteiger partial charge >= 0.3 is 0 Å². The van der Waals surface area contributed by atoms with E-state index in [0.29, 0.717) is 5.82 Å². The Morgan fingerprint density at radius 1 is 0.200 bits per heavy atom. The van der Waals surface area contributed by atoms with E-state index in [9.17, 15) is 0 Å². The molecule has 13 heteroatoms. The summed E-state index contributed by atoms with van der Waals surface area (Å²) in [6, 6.07) is 132. The van der Waals surface area contributed by atoms with Gasteiger partial charge in [-0.25, -0.2) is 29.9 Å². The lowest BCUT2D eigenvalue weighted by atomic mass is 10.1. The zero-order chi connectivity index (χ0) is 79.1. The molecule has 0 bridgehead atoms. The number of fused-ring (bicyclic) bond motifs is 18. The Hall–Kier alpha value is -16.5. The van der Waals surface area contributed by atoms with Crippen LogP contribution in [0.1, 0.15) is 0 Å². The van der Waals surface area contributed by atoms with E-state index in [1.54, 1.807) is 12.4 Å². The first-order valence-corrected chi connectivity index (χ1v) is 40.2. The molecule has 25 rings (SSSR count). The van der Waals surface area contributed by atoms with E-state index in [0.717, 1.165) is 106 Å².